The minimum absolute atomic E-state index is 0.0498. The summed E-state index contributed by atoms with van der Waals surface area (Å²) in [5.41, 5.74) is 2.04. The zero-order valence-electron chi connectivity index (χ0n) is 17.3. The first-order chi connectivity index (χ1) is 15.6. The zero-order valence-corrected chi connectivity index (χ0v) is 18.1. The molecule has 3 heterocycles. The molecule has 0 spiro atoms. The van der Waals surface area contributed by atoms with Crippen molar-refractivity contribution in [2.45, 2.75) is 18.0 Å². The van der Waals surface area contributed by atoms with E-state index in [-0.39, 0.29) is 24.5 Å². The summed E-state index contributed by atoms with van der Waals surface area (Å²) in [6.07, 6.45) is 0.757. The molecule has 0 radical (unpaired) electrons. The van der Waals surface area contributed by atoms with Gasteiger partial charge in [-0.3, -0.25) is 9.69 Å². The number of hydrogen-bond donors (Lipinski definition) is 2. The summed E-state index contributed by atoms with van der Waals surface area (Å²) >= 11 is 1.44. The fourth-order valence-electron chi connectivity index (χ4n) is 3.50. The number of aliphatic hydroxyl groups is 1. The summed E-state index contributed by atoms with van der Waals surface area (Å²) in [5.74, 6) is 1.25. The Balaban J connectivity index is 1.57. The number of carbonyl (C=O) groups excluding carboxylic acids is 2. The number of nitrogens with zero attached hydrogens (tertiary/aromatic N) is 5. The number of carbonyl (C=O) groups is 2. The highest BCUT2D eigenvalue weighted by molar-refractivity contribution is 8.00. The highest BCUT2D eigenvalue weighted by Crippen LogP contribution is 2.43. The van der Waals surface area contributed by atoms with E-state index >= 15 is 0 Å². The molecule has 0 bridgehead atoms. The van der Waals surface area contributed by atoms with Crippen LogP contribution in [0.3, 0.4) is 0 Å². The van der Waals surface area contributed by atoms with Gasteiger partial charge >= 0.3 is 6.09 Å². The Morgan fingerprint density at radius 3 is 2.88 bits per heavy atom. The molecule has 4 rings (SSSR count). The molecule has 168 valence electrons. The number of tetrazole rings is 1. The Morgan fingerprint density at radius 2 is 2.19 bits per heavy atom. The van der Waals surface area contributed by atoms with Crippen LogP contribution >= 0.6 is 11.8 Å². The molecule has 0 unspecified atom stereocenters. The number of thioether (sulfide) groups is 1. The van der Waals surface area contributed by atoms with Crippen molar-refractivity contribution in [2.75, 3.05) is 26.1 Å². The molecule has 1 saturated heterocycles. The van der Waals surface area contributed by atoms with Crippen molar-refractivity contribution in [3.05, 3.63) is 53.9 Å². The topological polar surface area (TPSA) is 132 Å². The Hall–Kier alpha value is -3.38. The first-order valence-corrected chi connectivity index (χ1v) is 10.8. The Kier molecular flexibility index (Phi) is 6.42. The molecule has 12 heteroatoms. The fourth-order valence-corrected chi connectivity index (χ4v) is 4.84. The Bertz CT molecular complexity index is 1050. The van der Waals surface area contributed by atoms with Gasteiger partial charge in [0.2, 0.25) is 0 Å². The lowest BCUT2D eigenvalue weighted by Gasteiger charge is -2.49. The minimum atomic E-state index is -0.738. The predicted octanol–water partition coefficient (Wildman–Crippen LogP) is 0.629. The number of rotatable bonds is 8. The molecule has 1 aromatic heterocycles. The number of aliphatic hydroxyl groups excluding tert-OH is 1. The summed E-state index contributed by atoms with van der Waals surface area (Å²) in [5, 5.41) is 24.1. The van der Waals surface area contributed by atoms with Gasteiger partial charge in [-0.05, 0) is 33.7 Å². The average Bonchev–Trinajstić information content (AvgIpc) is 3.28. The van der Waals surface area contributed by atoms with Crippen LogP contribution in [0.2, 0.25) is 0 Å². The van der Waals surface area contributed by atoms with Crippen LogP contribution in [-0.4, -0.2) is 79.7 Å². The Morgan fingerprint density at radius 1 is 1.41 bits per heavy atom. The maximum Gasteiger partial charge on any atom is 0.408 e. The second-order valence-corrected chi connectivity index (χ2v) is 8.14. The van der Waals surface area contributed by atoms with Gasteiger partial charge in [0.25, 0.3) is 5.91 Å². The molecular weight excluding hydrogens is 436 g/mol. The molecule has 1 fully saturated rings. The molecule has 2 atom stereocenters. The molecule has 1 aromatic carbocycles. The van der Waals surface area contributed by atoms with E-state index in [2.05, 4.69) is 27.4 Å². The minimum Gasteiger partial charge on any atom is -0.497 e. The van der Waals surface area contributed by atoms with Crippen LogP contribution in [-0.2, 0) is 16.1 Å². The van der Waals surface area contributed by atoms with E-state index in [1.54, 1.807) is 11.8 Å². The van der Waals surface area contributed by atoms with Crippen LogP contribution < -0.4 is 10.1 Å². The van der Waals surface area contributed by atoms with E-state index in [4.69, 9.17) is 9.47 Å². The second-order valence-electron chi connectivity index (χ2n) is 7.04. The van der Waals surface area contributed by atoms with Gasteiger partial charge in [0.15, 0.2) is 5.82 Å². The van der Waals surface area contributed by atoms with Crippen LogP contribution in [0, 0.1) is 0 Å². The maximum atomic E-state index is 12.9. The molecule has 0 aliphatic carbocycles. The van der Waals surface area contributed by atoms with E-state index in [1.807, 2.05) is 24.3 Å². The number of β-lactam (4-membered cyclic amide) rings is 1. The second kappa shape index (κ2) is 9.40. The van der Waals surface area contributed by atoms with Gasteiger partial charge in [0.05, 0.1) is 26.0 Å². The maximum absolute atomic E-state index is 12.9. The summed E-state index contributed by atoms with van der Waals surface area (Å²) in [6.45, 7) is 3.66. The first-order valence-electron chi connectivity index (χ1n) is 9.78. The van der Waals surface area contributed by atoms with Crippen molar-refractivity contribution < 1.29 is 24.2 Å². The first kappa shape index (κ1) is 21.8. The quantitative estimate of drug-likeness (QED) is 0.432. The van der Waals surface area contributed by atoms with E-state index in [0.29, 0.717) is 29.4 Å². The lowest BCUT2D eigenvalue weighted by atomic mass is 10.0. The highest BCUT2D eigenvalue weighted by Gasteiger charge is 2.54. The summed E-state index contributed by atoms with van der Waals surface area (Å²) in [4.78, 5) is 26.3. The smallest absolute Gasteiger partial charge is 0.408 e. The number of amides is 2. The molecule has 11 nitrogen and oxygen atoms in total. The van der Waals surface area contributed by atoms with E-state index < -0.39 is 12.1 Å². The number of alkyl carbamates (subject to hydrolysis) is 1. The average molecular weight is 459 g/mol. The molecule has 2 amide bonds. The largest absolute Gasteiger partial charge is 0.497 e. The van der Waals surface area contributed by atoms with Crippen LogP contribution in [0.4, 0.5) is 4.79 Å². The van der Waals surface area contributed by atoms with Crippen molar-refractivity contribution in [3.63, 3.8) is 0 Å². The summed E-state index contributed by atoms with van der Waals surface area (Å²) in [6, 6.07) is 6.74. The number of benzene rings is 1. The van der Waals surface area contributed by atoms with E-state index in [0.717, 1.165) is 11.3 Å². The number of aromatic nitrogens is 4. The molecule has 0 saturated carbocycles. The monoisotopic (exact) mass is 458 g/mol. The Labute approximate surface area is 188 Å². The lowest BCUT2D eigenvalue weighted by molar-refractivity contribution is -0.140. The predicted molar refractivity (Wildman–Crippen MR) is 115 cm³/mol. The van der Waals surface area contributed by atoms with E-state index in [1.165, 1.54) is 22.7 Å². The van der Waals surface area contributed by atoms with Gasteiger partial charge in [-0.1, -0.05) is 24.8 Å². The molecule has 2 aromatic rings. The molecule has 32 heavy (non-hydrogen) atoms. The van der Waals surface area contributed by atoms with Gasteiger partial charge in [0, 0.05) is 5.75 Å². The van der Waals surface area contributed by atoms with E-state index in [9.17, 15) is 14.7 Å². The number of fused-ring (bicyclic) bond motifs is 1. The number of ether oxygens (including phenoxy) is 2. The number of nitrogens with one attached hydrogen (secondary N) is 1. The van der Waals surface area contributed by atoms with Gasteiger partial charge in [-0.25, -0.2) is 9.48 Å². The molecule has 2 N–H and O–H groups in total. The molecule has 2 aliphatic rings. The third-order valence-electron chi connectivity index (χ3n) is 5.08. The third kappa shape index (κ3) is 4.06. The van der Waals surface area contributed by atoms with Crippen molar-refractivity contribution in [1.82, 2.24) is 30.4 Å². The number of methoxy groups -OCH3 is 1. The van der Waals surface area contributed by atoms with Gasteiger partial charge < -0.3 is 19.9 Å². The fraction of sp³-hybridized carbons (Fsp3) is 0.350. The van der Waals surface area contributed by atoms with Crippen LogP contribution in [0.15, 0.2) is 42.5 Å². The van der Waals surface area contributed by atoms with Gasteiger partial charge in [-0.15, -0.1) is 16.9 Å². The molecule has 2 aliphatic heterocycles. The standard InChI is InChI=1S/C20H22N6O5S/c1-3-8-31-20(29)21-15-18(28)26-16(13(10-27)11-32-19(15)26)17-22-23-24-25(17)9-12-4-6-14(30-2)7-5-12/h3-7,15,19,27H,1,8-11H2,2H3,(H,21,29)/t15-,19-/m1/s1. The van der Waals surface area contributed by atoms with Crippen LogP contribution in [0.5, 0.6) is 5.75 Å². The van der Waals surface area contributed by atoms with Crippen LogP contribution in [0.25, 0.3) is 5.70 Å². The third-order valence-corrected chi connectivity index (χ3v) is 6.42. The normalized spacial score (nSPS) is 19.8. The number of hydrogen-bond acceptors (Lipinski definition) is 9. The zero-order chi connectivity index (χ0) is 22.7. The van der Waals surface area contributed by atoms with Gasteiger partial charge in [0.1, 0.15) is 23.8 Å². The molecular formula is C20H22N6O5S. The highest BCUT2D eigenvalue weighted by atomic mass is 32.2. The summed E-state index contributed by atoms with van der Waals surface area (Å²) in [7, 11) is 1.60. The van der Waals surface area contributed by atoms with Crippen molar-refractivity contribution in [2.24, 2.45) is 0 Å². The summed E-state index contributed by atoms with van der Waals surface area (Å²) < 4.78 is 11.7. The van der Waals surface area contributed by atoms with Crippen molar-refractivity contribution in [1.29, 1.82) is 0 Å². The van der Waals surface area contributed by atoms with Crippen LogP contribution in [0.1, 0.15) is 11.4 Å². The van der Waals surface area contributed by atoms with Gasteiger partial charge in [-0.2, -0.15) is 0 Å². The lowest BCUT2D eigenvalue weighted by Crippen LogP contribution is -2.69. The SMILES string of the molecule is C=CCOC(=O)N[C@@H]1C(=O)N2C(c3nnnn3Cc3ccc(OC)cc3)=C(CO)CS[C@H]12. The van der Waals surface area contributed by atoms with Crippen molar-refractivity contribution in [3.8, 4) is 5.75 Å². The van der Waals surface area contributed by atoms with Crippen molar-refractivity contribution >= 4 is 29.5 Å².